The summed E-state index contributed by atoms with van der Waals surface area (Å²) in [6, 6.07) is 0. The van der Waals surface area contributed by atoms with Crippen LogP contribution in [0, 0.1) is 0 Å². The second-order valence-electron chi connectivity index (χ2n) is 3.98. The summed E-state index contributed by atoms with van der Waals surface area (Å²) >= 11 is 0. The molecule has 0 aromatic carbocycles. The molecular weight excluding hydrogens is 192 g/mol. The van der Waals surface area contributed by atoms with Crippen molar-refractivity contribution in [1.29, 1.82) is 0 Å². The Labute approximate surface area is 91.8 Å². The second-order valence-corrected chi connectivity index (χ2v) is 3.98. The minimum Gasteiger partial charge on any atom is -0.378 e. The van der Waals surface area contributed by atoms with Crippen molar-refractivity contribution in [2.24, 2.45) is 0 Å². The topological polar surface area (TPSA) is 50.4 Å². The molecule has 1 heterocycles. The largest absolute Gasteiger partial charge is 0.378 e. The number of nitrogens with one attached hydrogen (secondary N) is 2. The van der Waals surface area contributed by atoms with Crippen LogP contribution in [0.15, 0.2) is 0 Å². The van der Waals surface area contributed by atoms with E-state index in [1.807, 2.05) is 7.05 Å². The van der Waals surface area contributed by atoms with Gasteiger partial charge >= 0.3 is 0 Å². The van der Waals surface area contributed by atoms with Crippen molar-refractivity contribution in [3.05, 3.63) is 0 Å². The minimum atomic E-state index is 0.125. The minimum absolute atomic E-state index is 0.125. The van der Waals surface area contributed by atoms with Gasteiger partial charge in [-0.15, -0.1) is 0 Å². The lowest BCUT2D eigenvalue weighted by Gasteiger charge is -2.22. The molecule has 4 heteroatoms. The normalized spacial score (nSPS) is 21.3. The van der Waals surface area contributed by atoms with E-state index < -0.39 is 0 Å². The maximum atomic E-state index is 11.3. The third-order valence-electron chi connectivity index (χ3n) is 2.66. The van der Waals surface area contributed by atoms with E-state index >= 15 is 0 Å². The van der Waals surface area contributed by atoms with E-state index in [0.29, 0.717) is 12.5 Å². The third-order valence-corrected chi connectivity index (χ3v) is 2.66. The molecule has 1 atom stereocenters. The van der Waals surface area contributed by atoms with Gasteiger partial charge in [-0.3, -0.25) is 4.79 Å². The molecule has 1 aliphatic heterocycles. The Balaban J connectivity index is 1.97. The number of carbonyl (C=O) groups excluding carboxylic acids is 1. The lowest BCUT2D eigenvalue weighted by molar-refractivity contribution is -0.121. The first kappa shape index (κ1) is 12.5. The molecule has 0 aliphatic carbocycles. The van der Waals surface area contributed by atoms with Crippen LogP contribution >= 0.6 is 0 Å². The van der Waals surface area contributed by atoms with Crippen molar-refractivity contribution < 1.29 is 9.53 Å². The van der Waals surface area contributed by atoms with E-state index in [4.69, 9.17) is 4.74 Å². The summed E-state index contributed by atoms with van der Waals surface area (Å²) < 4.78 is 5.58. The first-order chi connectivity index (χ1) is 7.33. The van der Waals surface area contributed by atoms with E-state index in [9.17, 15) is 4.79 Å². The number of carbonyl (C=O) groups is 1. The molecule has 1 fully saturated rings. The summed E-state index contributed by atoms with van der Waals surface area (Å²) in [5.41, 5.74) is 0. The van der Waals surface area contributed by atoms with E-state index in [2.05, 4.69) is 10.6 Å². The molecule has 0 aromatic rings. The fourth-order valence-corrected chi connectivity index (χ4v) is 1.73. The molecule has 1 unspecified atom stereocenters. The molecule has 1 rings (SSSR count). The second kappa shape index (κ2) is 7.65. The number of hydrogen-bond acceptors (Lipinski definition) is 3. The van der Waals surface area contributed by atoms with Crippen LogP contribution in [0.3, 0.4) is 0 Å². The van der Waals surface area contributed by atoms with Gasteiger partial charge in [-0.05, 0) is 32.7 Å². The fourth-order valence-electron chi connectivity index (χ4n) is 1.73. The summed E-state index contributed by atoms with van der Waals surface area (Å²) in [7, 11) is 1.85. The van der Waals surface area contributed by atoms with Crippen molar-refractivity contribution in [2.75, 3.05) is 26.7 Å². The third kappa shape index (κ3) is 5.74. The van der Waals surface area contributed by atoms with Crippen molar-refractivity contribution in [3.8, 4) is 0 Å². The van der Waals surface area contributed by atoms with Gasteiger partial charge in [0.25, 0.3) is 0 Å². The highest BCUT2D eigenvalue weighted by Crippen LogP contribution is 2.14. The molecule has 0 saturated carbocycles. The first-order valence-corrected chi connectivity index (χ1v) is 5.86. The first-order valence-electron chi connectivity index (χ1n) is 5.86. The molecule has 15 heavy (non-hydrogen) atoms. The maximum Gasteiger partial charge on any atom is 0.221 e. The van der Waals surface area contributed by atoms with Crippen molar-refractivity contribution in [3.63, 3.8) is 0 Å². The average molecular weight is 214 g/mol. The van der Waals surface area contributed by atoms with Gasteiger partial charge in [0, 0.05) is 26.1 Å². The van der Waals surface area contributed by atoms with Crippen LogP contribution in [-0.2, 0) is 9.53 Å². The van der Waals surface area contributed by atoms with Gasteiger partial charge in [-0.25, -0.2) is 0 Å². The monoisotopic (exact) mass is 214 g/mol. The quantitative estimate of drug-likeness (QED) is 0.683. The summed E-state index contributed by atoms with van der Waals surface area (Å²) in [6.45, 7) is 2.37. The summed E-state index contributed by atoms with van der Waals surface area (Å²) in [4.78, 5) is 11.3. The standard InChI is InChI=1S/C11H22N2O2/c1-12-7-6-11(14)13-8-5-10-4-2-3-9-15-10/h10,12H,2-9H2,1H3,(H,13,14). The van der Waals surface area contributed by atoms with Crippen molar-refractivity contribution >= 4 is 5.91 Å². The Kier molecular flexibility index (Phi) is 6.36. The van der Waals surface area contributed by atoms with Crippen LogP contribution < -0.4 is 10.6 Å². The van der Waals surface area contributed by atoms with Crippen LogP contribution in [0.2, 0.25) is 0 Å². The Morgan fingerprint density at radius 3 is 2.93 bits per heavy atom. The van der Waals surface area contributed by atoms with Gasteiger partial charge in [0.2, 0.25) is 5.91 Å². The molecule has 0 bridgehead atoms. The van der Waals surface area contributed by atoms with Gasteiger partial charge in [0.1, 0.15) is 0 Å². The molecule has 0 radical (unpaired) electrons. The van der Waals surface area contributed by atoms with E-state index in [1.54, 1.807) is 0 Å². The highest BCUT2D eigenvalue weighted by Gasteiger charge is 2.13. The van der Waals surface area contributed by atoms with Gasteiger partial charge in [-0.1, -0.05) is 0 Å². The fraction of sp³-hybridized carbons (Fsp3) is 0.909. The SMILES string of the molecule is CNCCC(=O)NCCC1CCCCO1. The average Bonchev–Trinajstić information content (AvgIpc) is 2.28. The summed E-state index contributed by atoms with van der Waals surface area (Å²) in [5.74, 6) is 0.125. The Hall–Kier alpha value is -0.610. The van der Waals surface area contributed by atoms with Crippen LogP contribution in [0.25, 0.3) is 0 Å². The van der Waals surface area contributed by atoms with E-state index in [-0.39, 0.29) is 5.91 Å². The van der Waals surface area contributed by atoms with Crippen LogP contribution in [0.4, 0.5) is 0 Å². The molecule has 1 aliphatic rings. The summed E-state index contributed by atoms with van der Waals surface area (Å²) in [6.07, 6.45) is 5.46. The molecule has 88 valence electrons. The summed E-state index contributed by atoms with van der Waals surface area (Å²) in [5, 5.41) is 5.86. The van der Waals surface area contributed by atoms with Gasteiger partial charge in [0.05, 0.1) is 6.10 Å². The van der Waals surface area contributed by atoms with E-state index in [1.165, 1.54) is 12.8 Å². The lowest BCUT2D eigenvalue weighted by atomic mass is 10.1. The molecule has 2 N–H and O–H groups in total. The van der Waals surface area contributed by atoms with Gasteiger partial charge < -0.3 is 15.4 Å². The highest BCUT2D eigenvalue weighted by atomic mass is 16.5. The maximum absolute atomic E-state index is 11.3. The number of amides is 1. The van der Waals surface area contributed by atoms with Crippen LogP contribution in [-0.4, -0.2) is 38.8 Å². The van der Waals surface area contributed by atoms with Crippen molar-refractivity contribution in [1.82, 2.24) is 10.6 Å². The van der Waals surface area contributed by atoms with E-state index in [0.717, 1.165) is 32.5 Å². The van der Waals surface area contributed by atoms with Gasteiger partial charge in [-0.2, -0.15) is 0 Å². The Morgan fingerprint density at radius 1 is 1.40 bits per heavy atom. The Bertz CT molecular complexity index is 179. The predicted molar refractivity (Wildman–Crippen MR) is 59.8 cm³/mol. The van der Waals surface area contributed by atoms with Crippen LogP contribution in [0.1, 0.15) is 32.1 Å². The highest BCUT2D eigenvalue weighted by molar-refractivity contribution is 5.75. The molecule has 1 saturated heterocycles. The van der Waals surface area contributed by atoms with Crippen LogP contribution in [0.5, 0.6) is 0 Å². The molecular formula is C11H22N2O2. The molecule has 0 spiro atoms. The zero-order valence-corrected chi connectivity index (χ0v) is 9.55. The smallest absolute Gasteiger partial charge is 0.221 e. The van der Waals surface area contributed by atoms with Gasteiger partial charge in [0.15, 0.2) is 0 Å². The Morgan fingerprint density at radius 2 is 2.27 bits per heavy atom. The molecule has 0 aromatic heterocycles. The molecule has 4 nitrogen and oxygen atoms in total. The number of hydrogen-bond donors (Lipinski definition) is 2. The number of rotatable bonds is 6. The number of ether oxygens (including phenoxy) is 1. The zero-order valence-electron chi connectivity index (χ0n) is 9.55. The lowest BCUT2D eigenvalue weighted by Crippen LogP contribution is -2.30. The predicted octanol–water partition coefficient (Wildman–Crippen LogP) is 0.671. The zero-order chi connectivity index (χ0) is 10.9. The molecule has 1 amide bonds. The van der Waals surface area contributed by atoms with Crippen molar-refractivity contribution in [2.45, 2.75) is 38.2 Å².